The molecule has 11 heteroatoms. The Bertz CT molecular complexity index is 1550. The van der Waals surface area contributed by atoms with Gasteiger partial charge in [-0.15, -0.1) is 0 Å². The van der Waals surface area contributed by atoms with E-state index in [0.29, 0.717) is 34.0 Å². The number of para-hydroxylation sites is 1. The van der Waals surface area contributed by atoms with Gasteiger partial charge in [-0.2, -0.15) is 5.10 Å². The van der Waals surface area contributed by atoms with Crippen LogP contribution >= 0.6 is 11.6 Å². The van der Waals surface area contributed by atoms with Gasteiger partial charge in [0.2, 0.25) is 10.0 Å². The normalized spacial score (nSPS) is 11.4. The van der Waals surface area contributed by atoms with Gasteiger partial charge in [0.15, 0.2) is 0 Å². The number of fused-ring (bicyclic) bond motifs is 1. The molecule has 0 saturated heterocycles. The molecule has 0 aliphatic heterocycles. The van der Waals surface area contributed by atoms with Crippen molar-refractivity contribution in [1.29, 1.82) is 0 Å². The predicted molar refractivity (Wildman–Crippen MR) is 144 cm³/mol. The first kappa shape index (κ1) is 25.9. The number of carbonyl (C=O) groups excluding carboxylic acids is 1. The zero-order valence-corrected chi connectivity index (χ0v) is 21.5. The maximum absolute atomic E-state index is 12.5. The molecular weight excluding hydrogens is 516 g/mol. The molecule has 0 aliphatic carbocycles. The third-order valence-electron chi connectivity index (χ3n) is 5.19. The number of ether oxygens (including phenoxy) is 2. The van der Waals surface area contributed by atoms with Crippen LogP contribution in [0.15, 0.2) is 84.0 Å². The first-order valence-corrected chi connectivity index (χ1v) is 13.2. The van der Waals surface area contributed by atoms with Crippen molar-refractivity contribution in [2.24, 2.45) is 5.10 Å². The van der Waals surface area contributed by atoms with Crippen LogP contribution in [0, 0.1) is 0 Å². The molecule has 0 unspecified atom stereocenters. The number of hydrogen-bond acceptors (Lipinski definition) is 7. The highest BCUT2D eigenvalue weighted by atomic mass is 35.5. The number of sulfonamides is 1. The Labute approximate surface area is 219 Å². The Hall–Kier alpha value is -4.15. The average molecular weight is 539 g/mol. The van der Waals surface area contributed by atoms with Crippen molar-refractivity contribution in [1.82, 2.24) is 10.4 Å². The van der Waals surface area contributed by atoms with Crippen LogP contribution in [0.5, 0.6) is 17.2 Å². The Morgan fingerprint density at radius 2 is 1.70 bits per heavy atom. The molecule has 1 amide bonds. The highest BCUT2D eigenvalue weighted by Crippen LogP contribution is 2.26. The monoisotopic (exact) mass is 538 g/mol. The summed E-state index contributed by atoms with van der Waals surface area (Å²) in [7, 11) is -2.20. The lowest BCUT2D eigenvalue weighted by atomic mass is 10.1. The standard InChI is InChI=1S/C26H23ClN4O5S/c1-35-23-11-8-18-14-19(26(27)29-24(18)15-23)16-28-30-25(32)17-31(37(2,33)34)20-9-12-22(13-10-20)36-21-6-4-3-5-7-21/h3-16H,17H2,1-2H3,(H,30,32)/b28-16-. The van der Waals surface area contributed by atoms with Crippen LogP contribution in [0.4, 0.5) is 5.69 Å². The number of pyridine rings is 1. The van der Waals surface area contributed by atoms with Crippen molar-refractivity contribution < 1.29 is 22.7 Å². The molecule has 0 bridgehead atoms. The molecule has 0 atom stereocenters. The van der Waals surface area contributed by atoms with Gasteiger partial charge < -0.3 is 9.47 Å². The summed E-state index contributed by atoms with van der Waals surface area (Å²) < 4.78 is 36.7. The molecule has 0 saturated carbocycles. The van der Waals surface area contributed by atoms with E-state index in [9.17, 15) is 13.2 Å². The predicted octanol–water partition coefficient (Wildman–Crippen LogP) is 4.61. The second kappa shape index (κ2) is 11.3. The molecule has 0 aliphatic rings. The first-order valence-electron chi connectivity index (χ1n) is 11.0. The maximum atomic E-state index is 12.5. The maximum Gasteiger partial charge on any atom is 0.260 e. The van der Waals surface area contributed by atoms with Crippen LogP contribution in [0.1, 0.15) is 5.56 Å². The fourth-order valence-electron chi connectivity index (χ4n) is 3.40. The van der Waals surface area contributed by atoms with E-state index >= 15 is 0 Å². The van der Waals surface area contributed by atoms with Crippen LogP contribution in [0.2, 0.25) is 5.15 Å². The van der Waals surface area contributed by atoms with Crippen molar-refractivity contribution in [2.75, 3.05) is 24.2 Å². The fraction of sp³-hybridized carbons (Fsp3) is 0.115. The van der Waals surface area contributed by atoms with Gasteiger partial charge in [0, 0.05) is 17.0 Å². The van der Waals surface area contributed by atoms with Gasteiger partial charge in [-0.3, -0.25) is 9.10 Å². The molecule has 4 aromatic rings. The summed E-state index contributed by atoms with van der Waals surface area (Å²) in [5.74, 6) is 1.19. The Morgan fingerprint density at radius 3 is 2.38 bits per heavy atom. The number of halogens is 1. The van der Waals surface area contributed by atoms with E-state index in [1.165, 1.54) is 6.21 Å². The molecule has 1 aromatic heterocycles. The molecule has 37 heavy (non-hydrogen) atoms. The van der Waals surface area contributed by atoms with E-state index in [1.807, 2.05) is 24.3 Å². The molecular formula is C26H23ClN4O5S. The van der Waals surface area contributed by atoms with E-state index in [1.54, 1.807) is 61.7 Å². The van der Waals surface area contributed by atoms with Gasteiger partial charge in [0.05, 0.1) is 30.8 Å². The van der Waals surface area contributed by atoms with Crippen molar-refractivity contribution in [3.63, 3.8) is 0 Å². The Morgan fingerprint density at radius 1 is 1.03 bits per heavy atom. The molecule has 0 fully saturated rings. The summed E-state index contributed by atoms with van der Waals surface area (Å²) in [5, 5.41) is 4.91. The van der Waals surface area contributed by atoms with Crippen LogP contribution in [-0.4, -0.2) is 45.4 Å². The molecule has 1 N–H and O–H groups in total. The molecule has 3 aromatic carbocycles. The van der Waals surface area contributed by atoms with Crippen LogP contribution in [0.3, 0.4) is 0 Å². The van der Waals surface area contributed by atoms with E-state index < -0.39 is 22.5 Å². The van der Waals surface area contributed by atoms with Crippen molar-refractivity contribution >= 4 is 50.3 Å². The third-order valence-corrected chi connectivity index (χ3v) is 6.63. The van der Waals surface area contributed by atoms with Gasteiger partial charge in [-0.25, -0.2) is 18.8 Å². The van der Waals surface area contributed by atoms with E-state index in [-0.39, 0.29) is 5.15 Å². The second-order valence-electron chi connectivity index (χ2n) is 7.90. The summed E-state index contributed by atoms with van der Waals surface area (Å²) in [6.07, 6.45) is 2.37. The van der Waals surface area contributed by atoms with E-state index in [0.717, 1.165) is 15.9 Å². The lowest BCUT2D eigenvalue weighted by Gasteiger charge is -2.21. The Kier molecular flexibility index (Phi) is 7.90. The molecule has 190 valence electrons. The quantitative estimate of drug-likeness (QED) is 0.189. The van der Waals surface area contributed by atoms with Gasteiger partial charge in [-0.05, 0) is 54.6 Å². The van der Waals surface area contributed by atoms with Crippen LogP contribution in [0.25, 0.3) is 10.9 Å². The molecule has 1 heterocycles. The molecule has 0 radical (unpaired) electrons. The number of methoxy groups -OCH3 is 1. The topological polar surface area (TPSA) is 110 Å². The number of carbonyl (C=O) groups is 1. The SMILES string of the molecule is COc1ccc2cc(/C=N\NC(=O)CN(c3ccc(Oc4ccccc4)cc3)S(C)(=O)=O)c(Cl)nc2c1. The summed E-state index contributed by atoms with van der Waals surface area (Å²) in [6, 6.07) is 22.7. The highest BCUT2D eigenvalue weighted by Gasteiger charge is 2.21. The van der Waals surface area contributed by atoms with Gasteiger partial charge in [0.25, 0.3) is 5.91 Å². The van der Waals surface area contributed by atoms with Crippen molar-refractivity contribution in [3.05, 3.63) is 89.6 Å². The number of hydrogen-bond donors (Lipinski definition) is 1. The minimum Gasteiger partial charge on any atom is -0.497 e. The second-order valence-corrected chi connectivity index (χ2v) is 10.2. The van der Waals surface area contributed by atoms with Crippen LogP contribution in [-0.2, 0) is 14.8 Å². The smallest absolute Gasteiger partial charge is 0.260 e. The number of aromatic nitrogens is 1. The zero-order chi connectivity index (χ0) is 26.4. The number of nitrogens with zero attached hydrogens (tertiary/aromatic N) is 3. The highest BCUT2D eigenvalue weighted by molar-refractivity contribution is 7.92. The number of benzene rings is 3. The number of amides is 1. The van der Waals surface area contributed by atoms with Crippen molar-refractivity contribution in [2.45, 2.75) is 0 Å². The summed E-state index contributed by atoms with van der Waals surface area (Å²) in [6.45, 7) is -0.474. The lowest BCUT2D eigenvalue weighted by Crippen LogP contribution is -2.39. The van der Waals surface area contributed by atoms with E-state index in [2.05, 4.69) is 15.5 Å². The van der Waals surface area contributed by atoms with Gasteiger partial charge in [-0.1, -0.05) is 29.8 Å². The number of hydrazone groups is 1. The minimum absolute atomic E-state index is 0.189. The van der Waals surface area contributed by atoms with E-state index in [4.69, 9.17) is 21.1 Å². The largest absolute Gasteiger partial charge is 0.497 e. The molecule has 0 spiro atoms. The third kappa shape index (κ3) is 6.75. The lowest BCUT2D eigenvalue weighted by molar-refractivity contribution is -0.119. The van der Waals surface area contributed by atoms with Crippen LogP contribution < -0.4 is 19.2 Å². The number of anilines is 1. The number of nitrogens with one attached hydrogen (secondary N) is 1. The number of rotatable bonds is 9. The summed E-state index contributed by atoms with van der Waals surface area (Å²) >= 11 is 6.25. The zero-order valence-electron chi connectivity index (χ0n) is 20.0. The van der Waals surface area contributed by atoms with Gasteiger partial charge in [0.1, 0.15) is 28.9 Å². The summed E-state index contributed by atoms with van der Waals surface area (Å²) in [4.78, 5) is 16.8. The van der Waals surface area contributed by atoms with Crippen molar-refractivity contribution in [3.8, 4) is 17.2 Å². The Balaban J connectivity index is 1.43. The minimum atomic E-state index is -3.76. The average Bonchev–Trinajstić information content (AvgIpc) is 2.88. The molecule has 4 rings (SSSR count). The summed E-state index contributed by atoms with van der Waals surface area (Å²) in [5.41, 5.74) is 3.77. The first-order chi connectivity index (χ1) is 17.7. The fourth-order valence-corrected chi connectivity index (χ4v) is 4.45. The molecule has 9 nitrogen and oxygen atoms in total. The van der Waals surface area contributed by atoms with Gasteiger partial charge >= 0.3 is 0 Å².